The summed E-state index contributed by atoms with van der Waals surface area (Å²) in [7, 11) is 0. The summed E-state index contributed by atoms with van der Waals surface area (Å²) >= 11 is 0. The summed E-state index contributed by atoms with van der Waals surface area (Å²) in [6, 6.07) is 7.86. The molecular formula is C20H29N3O2. The number of anilines is 1. The Hall–Kier alpha value is -1.88. The van der Waals surface area contributed by atoms with Crippen LogP contribution in [-0.2, 0) is 9.59 Å². The number of nitrogens with zero attached hydrogens (tertiary/aromatic N) is 3. The van der Waals surface area contributed by atoms with Crippen molar-refractivity contribution in [2.24, 2.45) is 0 Å². The molecule has 0 radical (unpaired) electrons. The second-order valence-electron chi connectivity index (χ2n) is 7.27. The summed E-state index contributed by atoms with van der Waals surface area (Å²) in [5.74, 6) is 0.102. The highest BCUT2D eigenvalue weighted by molar-refractivity contribution is 5.98. The average Bonchev–Trinajstić information content (AvgIpc) is 2.91. The highest BCUT2D eigenvalue weighted by atomic mass is 16.2. The number of benzene rings is 1. The number of carbonyl (C=O) groups is 2. The predicted molar refractivity (Wildman–Crippen MR) is 99.6 cm³/mol. The second-order valence-corrected chi connectivity index (χ2v) is 7.27. The maximum atomic E-state index is 12.9. The number of aryl methyl sites for hydroxylation is 1. The van der Waals surface area contributed by atoms with Crippen LogP contribution in [0.1, 0.15) is 38.2 Å². The fourth-order valence-corrected chi connectivity index (χ4v) is 3.76. The molecule has 0 aliphatic carbocycles. The first-order valence-corrected chi connectivity index (χ1v) is 9.46. The van der Waals surface area contributed by atoms with E-state index in [1.54, 1.807) is 9.80 Å². The van der Waals surface area contributed by atoms with Crippen LogP contribution < -0.4 is 4.90 Å². The molecule has 1 aromatic rings. The molecule has 25 heavy (non-hydrogen) atoms. The van der Waals surface area contributed by atoms with Gasteiger partial charge >= 0.3 is 0 Å². The summed E-state index contributed by atoms with van der Waals surface area (Å²) in [5, 5.41) is 0. The normalized spacial score (nSPS) is 21.1. The van der Waals surface area contributed by atoms with Crippen molar-refractivity contribution in [1.29, 1.82) is 0 Å². The van der Waals surface area contributed by atoms with E-state index in [0.717, 1.165) is 31.6 Å². The highest BCUT2D eigenvalue weighted by Gasteiger charge is 2.32. The lowest BCUT2D eigenvalue weighted by molar-refractivity contribution is -0.141. The monoisotopic (exact) mass is 343 g/mol. The van der Waals surface area contributed by atoms with Crippen LogP contribution in [0.4, 0.5) is 5.69 Å². The third kappa shape index (κ3) is 4.21. The number of rotatable bonds is 3. The Morgan fingerprint density at radius 2 is 1.60 bits per heavy atom. The van der Waals surface area contributed by atoms with E-state index in [0.29, 0.717) is 13.1 Å². The molecule has 5 heteroatoms. The number of hydrogen-bond donors (Lipinski definition) is 0. The largest absolute Gasteiger partial charge is 0.330 e. The van der Waals surface area contributed by atoms with Crippen molar-refractivity contribution in [3.05, 3.63) is 29.8 Å². The number of likely N-dealkylation sites (tertiary alicyclic amines) is 1. The van der Waals surface area contributed by atoms with Crippen LogP contribution in [0.5, 0.6) is 0 Å². The molecular weight excluding hydrogens is 314 g/mol. The smallest absolute Gasteiger partial charge is 0.246 e. The van der Waals surface area contributed by atoms with Crippen molar-refractivity contribution in [3.8, 4) is 0 Å². The van der Waals surface area contributed by atoms with Crippen molar-refractivity contribution in [3.63, 3.8) is 0 Å². The van der Waals surface area contributed by atoms with Crippen LogP contribution in [0.15, 0.2) is 24.3 Å². The van der Waals surface area contributed by atoms with E-state index in [-0.39, 0.29) is 24.4 Å². The van der Waals surface area contributed by atoms with Gasteiger partial charge in [0.25, 0.3) is 0 Å². The SMILES string of the molecule is Cc1ccc(N2CCN(C(=O)[C@@H](C)N3CCCCCC3)CC2=O)cc1. The lowest BCUT2D eigenvalue weighted by atomic mass is 10.1. The van der Waals surface area contributed by atoms with Crippen LogP contribution in [-0.4, -0.2) is 60.4 Å². The van der Waals surface area contributed by atoms with Gasteiger partial charge in [0, 0.05) is 18.8 Å². The van der Waals surface area contributed by atoms with Crippen LogP contribution in [0.3, 0.4) is 0 Å². The Labute approximate surface area is 150 Å². The number of amides is 2. The first-order valence-electron chi connectivity index (χ1n) is 9.46. The number of carbonyl (C=O) groups excluding carboxylic acids is 2. The van der Waals surface area contributed by atoms with Crippen LogP contribution in [0.2, 0.25) is 0 Å². The van der Waals surface area contributed by atoms with Gasteiger partial charge in [-0.25, -0.2) is 0 Å². The van der Waals surface area contributed by atoms with Gasteiger partial charge < -0.3 is 9.80 Å². The van der Waals surface area contributed by atoms with Crippen molar-refractivity contribution in [1.82, 2.24) is 9.80 Å². The Kier molecular flexibility index (Phi) is 5.74. The van der Waals surface area contributed by atoms with Crippen LogP contribution in [0, 0.1) is 6.92 Å². The molecule has 0 saturated carbocycles. The van der Waals surface area contributed by atoms with E-state index in [4.69, 9.17) is 0 Å². The Balaban J connectivity index is 1.60. The third-order valence-corrected chi connectivity index (χ3v) is 5.42. The Bertz CT molecular complexity index is 606. The molecule has 5 nitrogen and oxygen atoms in total. The molecule has 2 amide bonds. The topological polar surface area (TPSA) is 43.9 Å². The molecule has 2 saturated heterocycles. The van der Waals surface area contributed by atoms with Gasteiger partial charge in [-0.15, -0.1) is 0 Å². The van der Waals surface area contributed by atoms with Crippen molar-refractivity contribution >= 4 is 17.5 Å². The lowest BCUT2D eigenvalue weighted by Crippen LogP contribution is -2.56. The van der Waals surface area contributed by atoms with E-state index >= 15 is 0 Å². The number of hydrogen-bond acceptors (Lipinski definition) is 3. The molecule has 1 atom stereocenters. The molecule has 2 aliphatic heterocycles. The zero-order valence-electron chi connectivity index (χ0n) is 15.4. The molecule has 2 heterocycles. The van der Waals surface area contributed by atoms with Gasteiger partial charge in [0.1, 0.15) is 6.54 Å². The van der Waals surface area contributed by atoms with Gasteiger partial charge in [-0.1, -0.05) is 30.5 Å². The van der Waals surface area contributed by atoms with Crippen molar-refractivity contribution < 1.29 is 9.59 Å². The molecule has 0 bridgehead atoms. The average molecular weight is 343 g/mol. The minimum atomic E-state index is -0.128. The summed E-state index contributed by atoms with van der Waals surface area (Å²) in [6.07, 6.45) is 4.84. The van der Waals surface area contributed by atoms with Crippen molar-refractivity contribution in [2.75, 3.05) is 37.6 Å². The third-order valence-electron chi connectivity index (χ3n) is 5.42. The number of piperazine rings is 1. The van der Waals surface area contributed by atoms with Gasteiger partial charge in [0.05, 0.1) is 6.04 Å². The summed E-state index contributed by atoms with van der Waals surface area (Å²) in [6.45, 7) is 7.37. The summed E-state index contributed by atoms with van der Waals surface area (Å²) in [4.78, 5) is 31.2. The van der Waals surface area contributed by atoms with Gasteiger partial charge in [0.15, 0.2) is 0 Å². The first kappa shape index (κ1) is 17.9. The van der Waals surface area contributed by atoms with E-state index in [1.165, 1.54) is 18.4 Å². The van der Waals surface area contributed by atoms with Crippen LogP contribution >= 0.6 is 0 Å². The van der Waals surface area contributed by atoms with Crippen LogP contribution in [0.25, 0.3) is 0 Å². The second kappa shape index (κ2) is 8.00. The molecule has 0 aromatic heterocycles. The van der Waals surface area contributed by atoms with E-state index in [9.17, 15) is 9.59 Å². The Morgan fingerprint density at radius 3 is 2.20 bits per heavy atom. The highest BCUT2D eigenvalue weighted by Crippen LogP contribution is 2.19. The summed E-state index contributed by atoms with van der Waals surface area (Å²) in [5.41, 5.74) is 2.10. The fourth-order valence-electron chi connectivity index (χ4n) is 3.76. The molecule has 2 fully saturated rings. The molecule has 0 N–H and O–H groups in total. The van der Waals surface area contributed by atoms with E-state index in [2.05, 4.69) is 4.90 Å². The Morgan fingerprint density at radius 1 is 0.960 bits per heavy atom. The van der Waals surface area contributed by atoms with Crippen molar-refractivity contribution in [2.45, 2.75) is 45.6 Å². The maximum Gasteiger partial charge on any atom is 0.246 e. The minimum Gasteiger partial charge on any atom is -0.330 e. The quantitative estimate of drug-likeness (QED) is 0.847. The summed E-state index contributed by atoms with van der Waals surface area (Å²) < 4.78 is 0. The lowest BCUT2D eigenvalue weighted by Gasteiger charge is -2.37. The maximum absolute atomic E-state index is 12.9. The van der Waals surface area contributed by atoms with Gasteiger partial charge in [-0.3, -0.25) is 14.5 Å². The van der Waals surface area contributed by atoms with Gasteiger partial charge in [-0.05, 0) is 51.9 Å². The minimum absolute atomic E-state index is 0.00604. The molecule has 3 rings (SSSR count). The molecule has 136 valence electrons. The predicted octanol–water partition coefficient (Wildman–Crippen LogP) is 2.43. The van der Waals surface area contributed by atoms with Gasteiger partial charge in [0.2, 0.25) is 11.8 Å². The van der Waals surface area contributed by atoms with Gasteiger partial charge in [-0.2, -0.15) is 0 Å². The zero-order valence-corrected chi connectivity index (χ0v) is 15.4. The first-order chi connectivity index (χ1) is 12.1. The molecule has 0 unspecified atom stereocenters. The van der Waals surface area contributed by atoms with E-state index < -0.39 is 0 Å². The zero-order chi connectivity index (χ0) is 17.8. The van der Waals surface area contributed by atoms with E-state index in [1.807, 2.05) is 38.1 Å². The molecule has 2 aliphatic rings. The fraction of sp³-hybridized carbons (Fsp3) is 0.600. The standard InChI is InChI=1S/C20H29N3O2/c1-16-7-9-18(10-8-16)23-14-13-22(15-19(23)24)20(25)17(2)21-11-5-3-4-6-12-21/h7-10,17H,3-6,11-15H2,1-2H3/t17-/m1/s1. The molecule has 1 aromatic carbocycles. The molecule has 0 spiro atoms.